The van der Waals surface area contributed by atoms with Crippen molar-refractivity contribution in [3.63, 3.8) is 0 Å². The summed E-state index contributed by atoms with van der Waals surface area (Å²) >= 11 is 5.95. The Bertz CT molecular complexity index is 405. The molecule has 0 radical (unpaired) electrons. The van der Waals surface area contributed by atoms with E-state index in [4.69, 9.17) is 16.3 Å². The Labute approximate surface area is 98.9 Å². The molecule has 1 aromatic rings. The topological polar surface area (TPSA) is 50.4 Å². The second-order valence-corrected chi connectivity index (χ2v) is 4.20. The van der Waals surface area contributed by atoms with Crippen LogP contribution >= 0.6 is 11.6 Å². The molecule has 1 fully saturated rings. The van der Waals surface area contributed by atoms with Crippen LogP contribution in [-0.2, 0) is 4.74 Å². The van der Waals surface area contributed by atoms with Crippen molar-refractivity contribution in [1.29, 1.82) is 0 Å². The number of aryl methyl sites for hydroxylation is 1. The van der Waals surface area contributed by atoms with Crippen LogP contribution < -0.4 is 10.6 Å². The lowest BCUT2D eigenvalue weighted by molar-refractivity contribution is 0.000735. The Morgan fingerprint density at radius 2 is 2.25 bits per heavy atom. The third-order valence-corrected chi connectivity index (χ3v) is 2.81. The van der Waals surface area contributed by atoms with E-state index in [-0.39, 0.29) is 12.1 Å². The first-order valence-electron chi connectivity index (χ1n) is 5.06. The molecule has 0 aromatic heterocycles. The molecule has 2 N–H and O–H groups in total. The number of carbonyl (C=O) groups is 1. The molecule has 4 nitrogen and oxygen atoms in total. The average Bonchev–Trinajstić information content (AvgIpc) is 2.18. The van der Waals surface area contributed by atoms with E-state index in [1.807, 2.05) is 19.1 Å². The average molecular weight is 241 g/mol. The zero-order valence-electron chi connectivity index (χ0n) is 8.92. The summed E-state index contributed by atoms with van der Waals surface area (Å²) in [5.74, 6) is 0. The van der Waals surface area contributed by atoms with Gasteiger partial charge in [0, 0.05) is 10.7 Å². The van der Waals surface area contributed by atoms with E-state index >= 15 is 0 Å². The Kier molecular flexibility index (Phi) is 3.31. The zero-order chi connectivity index (χ0) is 11.5. The number of ether oxygens (including phenoxy) is 1. The molecule has 2 rings (SSSR count). The largest absolute Gasteiger partial charge is 0.377 e. The van der Waals surface area contributed by atoms with Crippen molar-refractivity contribution in [1.82, 2.24) is 5.32 Å². The van der Waals surface area contributed by atoms with Gasteiger partial charge in [-0.25, -0.2) is 4.79 Å². The van der Waals surface area contributed by atoms with E-state index in [1.54, 1.807) is 6.07 Å². The third kappa shape index (κ3) is 2.65. The van der Waals surface area contributed by atoms with E-state index in [2.05, 4.69) is 10.6 Å². The predicted octanol–water partition coefficient (Wildman–Crippen LogP) is 2.17. The van der Waals surface area contributed by atoms with Crippen LogP contribution in [-0.4, -0.2) is 25.3 Å². The highest BCUT2D eigenvalue weighted by Gasteiger charge is 2.20. The first kappa shape index (κ1) is 11.2. The fourth-order valence-electron chi connectivity index (χ4n) is 1.34. The summed E-state index contributed by atoms with van der Waals surface area (Å²) in [5, 5.41) is 6.14. The van der Waals surface area contributed by atoms with Gasteiger partial charge in [-0.1, -0.05) is 17.7 Å². The molecule has 0 bridgehead atoms. The minimum atomic E-state index is -0.229. The van der Waals surface area contributed by atoms with Gasteiger partial charge in [0.25, 0.3) is 0 Å². The highest BCUT2D eigenvalue weighted by atomic mass is 35.5. The SMILES string of the molecule is Cc1ccc(NC(=O)NC2COC2)cc1Cl. The van der Waals surface area contributed by atoms with Gasteiger partial charge in [0.15, 0.2) is 0 Å². The number of hydrogen-bond acceptors (Lipinski definition) is 2. The minimum Gasteiger partial charge on any atom is -0.377 e. The molecule has 5 heteroatoms. The first-order valence-corrected chi connectivity index (χ1v) is 5.44. The van der Waals surface area contributed by atoms with E-state index in [1.165, 1.54) is 0 Å². The molecule has 2 amide bonds. The number of anilines is 1. The maximum atomic E-state index is 11.5. The molecule has 0 saturated carbocycles. The Balaban J connectivity index is 1.92. The van der Waals surface area contributed by atoms with Crippen molar-refractivity contribution in [3.8, 4) is 0 Å². The summed E-state index contributed by atoms with van der Waals surface area (Å²) in [5.41, 5.74) is 1.67. The minimum absolute atomic E-state index is 0.126. The lowest BCUT2D eigenvalue weighted by Gasteiger charge is -2.26. The van der Waals surface area contributed by atoms with Crippen molar-refractivity contribution < 1.29 is 9.53 Å². The van der Waals surface area contributed by atoms with Gasteiger partial charge >= 0.3 is 6.03 Å². The Morgan fingerprint density at radius 1 is 1.50 bits per heavy atom. The fourth-order valence-corrected chi connectivity index (χ4v) is 1.52. The molecule has 1 aliphatic heterocycles. The van der Waals surface area contributed by atoms with Crippen LogP contribution in [0.25, 0.3) is 0 Å². The molecule has 1 aromatic carbocycles. The van der Waals surface area contributed by atoms with Gasteiger partial charge in [-0.05, 0) is 24.6 Å². The van der Waals surface area contributed by atoms with Crippen molar-refractivity contribution >= 4 is 23.3 Å². The number of benzene rings is 1. The van der Waals surface area contributed by atoms with Crippen LogP contribution in [0.3, 0.4) is 0 Å². The van der Waals surface area contributed by atoms with E-state index in [9.17, 15) is 4.79 Å². The van der Waals surface area contributed by atoms with Crippen molar-refractivity contribution in [3.05, 3.63) is 28.8 Å². The van der Waals surface area contributed by atoms with Crippen LogP contribution in [0, 0.1) is 6.92 Å². The monoisotopic (exact) mass is 240 g/mol. The third-order valence-electron chi connectivity index (χ3n) is 2.40. The van der Waals surface area contributed by atoms with Crippen LogP contribution in [0.5, 0.6) is 0 Å². The van der Waals surface area contributed by atoms with Crippen molar-refractivity contribution in [2.24, 2.45) is 0 Å². The number of rotatable bonds is 2. The quantitative estimate of drug-likeness (QED) is 0.833. The van der Waals surface area contributed by atoms with Gasteiger partial charge in [0.2, 0.25) is 0 Å². The maximum absolute atomic E-state index is 11.5. The number of halogens is 1. The summed E-state index contributed by atoms with van der Waals surface area (Å²) in [6.45, 7) is 3.09. The van der Waals surface area contributed by atoms with E-state index < -0.39 is 0 Å². The molecule has 1 aliphatic rings. The highest BCUT2D eigenvalue weighted by molar-refractivity contribution is 6.31. The summed E-state index contributed by atoms with van der Waals surface area (Å²) in [6.07, 6.45) is 0. The maximum Gasteiger partial charge on any atom is 0.319 e. The van der Waals surface area contributed by atoms with Crippen molar-refractivity contribution in [2.45, 2.75) is 13.0 Å². The lowest BCUT2D eigenvalue weighted by Crippen LogP contribution is -2.49. The van der Waals surface area contributed by atoms with Crippen LogP contribution in [0.2, 0.25) is 5.02 Å². The number of hydrogen-bond donors (Lipinski definition) is 2. The van der Waals surface area contributed by atoms with Crippen LogP contribution in [0.15, 0.2) is 18.2 Å². The van der Waals surface area contributed by atoms with Gasteiger partial charge in [0.05, 0.1) is 19.3 Å². The molecule has 86 valence electrons. The normalized spacial score (nSPS) is 15.4. The lowest BCUT2D eigenvalue weighted by atomic mass is 10.2. The van der Waals surface area contributed by atoms with Gasteiger partial charge in [0.1, 0.15) is 0 Å². The predicted molar refractivity (Wildman–Crippen MR) is 63.0 cm³/mol. The van der Waals surface area contributed by atoms with Gasteiger partial charge in [-0.15, -0.1) is 0 Å². The van der Waals surface area contributed by atoms with Crippen molar-refractivity contribution in [2.75, 3.05) is 18.5 Å². The number of carbonyl (C=O) groups excluding carboxylic acids is 1. The summed E-state index contributed by atoms with van der Waals surface area (Å²) in [6, 6.07) is 5.31. The molecule has 0 unspecified atom stereocenters. The fraction of sp³-hybridized carbons (Fsp3) is 0.364. The number of urea groups is 1. The van der Waals surface area contributed by atoms with Gasteiger partial charge in [-0.2, -0.15) is 0 Å². The van der Waals surface area contributed by atoms with Crippen LogP contribution in [0.4, 0.5) is 10.5 Å². The van der Waals surface area contributed by atoms with Crippen LogP contribution in [0.1, 0.15) is 5.56 Å². The van der Waals surface area contributed by atoms with E-state index in [0.717, 1.165) is 5.56 Å². The zero-order valence-corrected chi connectivity index (χ0v) is 9.67. The standard InChI is InChI=1S/C11H13ClN2O2/c1-7-2-3-8(4-10(7)12)13-11(15)14-9-5-16-6-9/h2-4,9H,5-6H2,1H3,(H2,13,14,15). The van der Waals surface area contributed by atoms with Gasteiger partial charge < -0.3 is 15.4 Å². The highest BCUT2D eigenvalue weighted by Crippen LogP contribution is 2.19. The second kappa shape index (κ2) is 4.72. The smallest absolute Gasteiger partial charge is 0.319 e. The Morgan fingerprint density at radius 3 is 2.81 bits per heavy atom. The number of amides is 2. The van der Waals surface area contributed by atoms with Gasteiger partial charge in [-0.3, -0.25) is 0 Å². The summed E-state index contributed by atoms with van der Waals surface area (Å²) in [7, 11) is 0. The number of nitrogens with one attached hydrogen (secondary N) is 2. The molecule has 1 saturated heterocycles. The molecule has 0 aliphatic carbocycles. The summed E-state index contributed by atoms with van der Waals surface area (Å²) in [4.78, 5) is 11.5. The molecular formula is C11H13ClN2O2. The second-order valence-electron chi connectivity index (χ2n) is 3.80. The molecule has 1 heterocycles. The first-order chi connectivity index (χ1) is 7.65. The Hall–Kier alpha value is -1.26. The molecule has 0 atom stereocenters. The molecule has 16 heavy (non-hydrogen) atoms. The molecular weight excluding hydrogens is 228 g/mol. The van der Waals surface area contributed by atoms with E-state index in [0.29, 0.717) is 23.9 Å². The summed E-state index contributed by atoms with van der Waals surface area (Å²) < 4.78 is 4.96. The molecule has 0 spiro atoms.